The molecule has 41 heavy (non-hydrogen) atoms. The average molecular weight is 524 g/mol. The number of fused-ring (bicyclic) bond motifs is 6. The van der Waals surface area contributed by atoms with E-state index in [4.69, 9.17) is 0 Å². The molecule has 2 nitrogen and oxygen atoms in total. The van der Waals surface area contributed by atoms with Crippen molar-refractivity contribution < 1.29 is 0 Å². The van der Waals surface area contributed by atoms with E-state index >= 15 is 0 Å². The van der Waals surface area contributed by atoms with Crippen molar-refractivity contribution in [2.45, 2.75) is 12.8 Å². The quantitative estimate of drug-likeness (QED) is 0.215. The summed E-state index contributed by atoms with van der Waals surface area (Å²) in [4.78, 5) is 4.97. The summed E-state index contributed by atoms with van der Waals surface area (Å²) in [6.07, 6.45) is 13.0. The Labute approximate surface area is 242 Å². The molecule has 0 saturated carbocycles. The first-order chi connectivity index (χ1) is 20.3. The lowest BCUT2D eigenvalue weighted by Crippen LogP contribution is -2.62. The molecule has 2 aliphatic heterocycles. The molecule has 0 saturated heterocycles. The van der Waals surface area contributed by atoms with Crippen molar-refractivity contribution in [3.8, 4) is 0 Å². The molecule has 0 unspecified atom stereocenters. The van der Waals surface area contributed by atoms with Gasteiger partial charge in [-0.3, -0.25) is 0 Å². The first-order valence-electron chi connectivity index (χ1n) is 14.4. The van der Waals surface area contributed by atoms with Gasteiger partial charge >= 0.3 is 0 Å². The van der Waals surface area contributed by atoms with Crippen LogP contribution in [0.5, 0.6) is 0 Å². The third-order valence-corrected chi connectivity index (χ3v) is 8.77. The molecule has 3 heteroatoms. The second-order valence-electron chi connectivity index (χ2n) is 10.9. The maximum absolute atomic E-state index is 4.29. The number of hydrogen-bond acceptors (Lipinski definition) is 2. The number of benzene rings is 5. The molecule has 0 fully saturated rings. The molecule has 0 amide bonds. The third kappa shape index (κ3) is 3.39. The van der Waals surface area contributed by atoms with Crippen LogP contribution in [0, 0.1) is 0 Å². The van der Waals surface area contributed by atoms with Crippen molar-refractivity contribution in [3.05, 3.63) is 145 Å². The number of allylic oxidation sites excluding steroid dienone is 3. The largest absolute Gasteiger partial charge is 0.311 e. The average Bonchev–Trinajstić information content (AvgIpc) is 3.04. The van der Waals surface area contributed by atoms with E-state index in [9.17, 15) is 0 Å². The van der Waals surface area contributed by atoms with Crippen LogP contribution in [0.4, 0.5) is 28.4 Å². The first kappa shape index (κ1) is 23.8. The van der Waals surface area contributed by atoms with E-state index < -0.39 is 0 Å². The highest BCUT2D eigenvalue weighted by atomic mass is 15.2. The zero-order chi connectivity index (χ0) is 27.5. The van der Waals surface area contributed by atoms with Crippen LogP contribution in [0.15, 0.2) is 134 Å². The van der Waals surface area contributed by atoms with Crippen LogP contribution in [0.2, 0.25) is 0 Å². The van der Waals surface area contributed by atoms with Gasteiger partial charge in [0.1, 0.15) is 0 Å². The zero-order valence-electron chi connectivity index (χ0n) is 22.9. The summed E-state index contributed by atoms with van der Waals surface area (Å²) in [5, 5.41) is 2.49. The summed E-state index contributed by atoms with van der Waals surface area (Å²) < 4.78 is 0. The summed E-state index contributed by atoms with van der Waals surface area (Å²) in [5.74, 6) is 0. The fourth-order valence-electron chi connectivity index (χ4n) is 7.09. The van der Waals surface area contributed by atoms with E-state index in [1.165, 1.54) is 61.3 Å². The van der Waals surface area contributed by atoms with Gasteiger partial charge in [-0.2, -0.15) is 0 Å². The fourth-order valence-corrected chi connectivity index (χ4v) is 7.09. The van der Waals surface area contributed by atoms with E-state index in [0.717, 1.165) is 24.0 Å². The van der Waals surface area contributed by atoms with Crippen LogP contribution in [-0.2, 0) is 0 Å². The molecular weight excluding hydrogens is 495 g/mol. The van der Waals surface area contributed by atoms with E-state index in [-0.39, 0.29) is 6.71 Å². The monoisotopic (exact) mass is 524 g/mol. The Balaban J connectivity index is 1.57. The van der Waals surface area contributed by atoms with Gasteiger partial charge in [-0.15, -0.1) is 0 Å². The lowest BCUT2D eigenvalue weighted by Gasteiger charge is -2.45. The highest BCUT2D eigenvalue weighted by Gasteiger charge is 2.44. The summed E-state index contributed by atoms with van der Waals surface area (Å²) >= 11 is 0. The molecule has 0 spiro atoms. The SMILES string of the molecule is C=Cc1ccc2c(c1C=C)N(C1=CCCC=C1)c1cc3ccccc3c3c1B2c1ccccc1N3c1ccccc1. The van der Waals surface area contributed by atoms with E-state index in [2.05, 4.69) is 138 Å². The molecule has 0 radical (unpaired) electrons. The van der Waals surface area contributed by atoms with Gasteiger partial charge in [0, 0.05) is 39.4 Å². The molecule has 0 aromatic heterocycles. The second-order valence-corrected chi connectivity index (χ2v) is 10.9. The Morgan fingerprint density at radius 1 is 0.683 bits per heavy atom. The predicted octanol–water partition coefficient (Wildman–Crippen LogP) is 8.11. The molecular formula is C38H29BN2. The van der Waals surface area contributed by atoms with Gasteiger partial charge in [0.15, 0.2) is 0 Å². The van der Waals surface area contributed by atoms with E-state index in [1.54, 1.807) is 0 Å². The fraction of sp³-hybridized carbons (Fsp3) is 0.0526. The molecule has 0 N–H and O–H groups in total. The molecule has 0 bridgehead atoms. The first-order valence-corrected chi connectivity index (χ1v) is 14.4. The number of rotatable bonds is 4. The summed E-state index contributed by atoms with van der Waals surface area (Å²) in [6.45, 7) is 8.53. The van der Waals surface area contributed by atoms with E-state index in [0.29, 0.717) is 0 Å². The molecule has 5 aromatic carbocycles. The van der Waals surface area contributed by atoms with Gasteiger partial charge in [-0.05, 0) is 70.5 Å². The van der Waals surface area contributed by atoms with Crippen LogP contribution in [0.3, 0.4) is 0 Å². The maximum atomic E-state index is 4.29. The topological polar surface area (TPSA) is 6.48 Å². The number of para-hydroxylation sites is 2. The van der Waals surface area contributed by atoms with Crippen molar-refractivity contribution in [1.29, 1.82) is 0 Å². The van der Waals surface area contributed by atoms with Gasteiger partial charge in [-0.25, -0.2) is 0 Å². The number of hydrogen-bond donors (Lipinski definition) is 0. The number of nitrogens with zero attached hydrogens (tertiary/aromatic N) is 2. The van der Waals surface area contributed by atoms with Gasteiger partial charge in [0.05, 0.1) is 5.69 Å². The Hall–Kier alpha value is -5.02. The minimum atomic E-state index is 0.0813. The Morgan fingerprint density at radius 2 is 1.49 bits per heavy atom. The minimum Gasteiger partial charge on any atom is -0.311 e. The van der Waals surface area contributed by atoms with E-state index in [1.807, 2.05) is 12.2 Å². The Kier molecular flexibility index (Phi) is 5.40. The molecule has 1 aliphatic carbocycles. The van der Waals surface area contributed by atoms with Gasteiger partial charge in [0.2, 0.25) is 0 Å². The Morgan fingerprint density at radius 3 is 2.29 bits per heavy atom. The van der Waals surface area contributed by atoms with Gasteiger partial charge in [-0.1, -0.05) is 110 Å². The zero-order valence-corrected chi connectivity index (χ0v) is 22.9. The lowest BCUT2D eigenvalue weighted by atomic mass is 9.33. The molecule has 3 aliphatic rings. The van der Waals surface area contributed by atoms with Gasteiger partial charge in [0.25, 0.3) is 6.71 Å². The lowest BCUT2D eigenvalue weighted by molar-refractivity contribution is 0.998. The van der Waals surface area contributed by atoms with Crippen molar-refractivity contribution in [1.82, 2.24) is 0 Å². The summed E-state index contributed by atoms with van der Waals surface area (Å²) in [7, 11) is 0. The highest BCUT2D eigenvalue weighted by molar-refractivity contribution is 7.00. The van der Waals surface area contributed by atoms with Crippen LogP contribution >= 0.6 is 0 Å². The van der Waals surface area contributed by atoms with Gasteiger partial charge < -0.3 is 9.80 Å². The Bertz CT molecular complexity index is 1950. The van der Waals surface area contributed by atoms with Crippen molar-refractivity contribution in [3.63, 3.8) is 0 Å². The third-order valence-electron chi connectivity index (χ3n) is 8.77. The van der Waals surface area contributed by atoms with Crippen LogP contribution in [0.1, 0.15) is 24.0 Å². The summed E-state index contributed by atoms with van der Waals surface area (Å²) in [6, 6.07) is 35.5. The number of anilines is 5. The second kappa shape index (κ2) is 9.28. The van der Waals surface area contributed by atoms with Crippen molar-refractivity contribution in [2.24, 2.45) is 0 Å². The highest BCUT2D eigenvalue weighted by Crippen LogP contribution is 2.47. The van der Waals surface area contributed by atoms with Crippen molar-refractivity contribution in [2.75, 3.05) is 9.80 Å². The predicted molar refractivity (Wildman–Crippen MR) is 179 cm³/mol. The smallest absolute Gasteiger partial charge is 0.252 e. The molecule has 0 atom stereocenters. The molecule has 8 rings (SSSR count). The standard InChI is InChI=1S/C38H29BN2/c1-3-26-23-24-33-37(30(26)4-2)41(29-18-9-6-10-19-29)35-25-27-15-11-12-20-31(27)38-36(35)39(33)32-21-13-14-22-34(32)40(38)28-16-7-5-8-17-28/h3-5,7-9,11-25H,1-2,6,10H2. The van der Waals surface area contributed by atoms with Crippen LogP contribution in [-0.4, -0.2) is 6.71 Å². The van der Waals surface area contributed by atoms with Crippen molar-refractivity contribution >= 4 is 74.5 Å². The summed E-state index contributed by atoms with van der Waals surface area (Å²) in [5.41, 5.74) is 13.5. The van der Waals surface area contributed by atoms with Crippen LogP contribution in [0.25, 0.3) is 22.9 Å². The normalized spacial score (nSPS) is 14.7. The molecule has 5 aromatic rings. The minimum absolute atomic E-state index is 0.0813. The molecule has 2 heterocycles. The van der Waals surface area contributed by atoms with Crippen LogP contribution < -0.4 is 26.2 Å². The molecule has 194 valence electrons. The maximum Gasteiger partial charge on any atom is 0.252 e.